The number of anilines is 1. The molecule has 0 aromatic heterocycles. The second-order valence-electron chi connectivity index (χ2n) is 3.57. The van der Waals surface area contributed by atoms with E-state index in [4.69, 9.17) is 10.5 Å². The van der Waals surface area contributed by atoms with E-state index in [-0.39, 0.29) is 5.69 Å². The molecule has 2 nitrogen and oxygen atoms in total. The van der Waals surface area contributed by atoms with E-state index in [0.717, 1.165) is 14.9 Å². The van der Waals surface area contributed by atoms with Gasteiger partial charge in [0.2, 0.25) is 0 Å². The second kappa shape index (κ2) is 5.35. The number of hydrogen-bond acceptors (Lipinski definition) is 2. The zero-order chi connectivity index (χ0) is 12.3. The zero-order valence-electron chi connectivity index (χ0n) is 8.99. The van der Waals surface area contributed by atoms with Gasteiger partial charge in [0.25, 0.3) is 0 Å². The summed E-state index contributed by atoms with van der Waals surface area (Å²) in [5.41, 5.74) is 6.32. The molecule has 2 N–H and O–H groups in total. The van der Waals surface area contributed by atoms with Gasteiger partial charge in [0.1, 0.15) is 18.2 Å². The molecule has 17 heavy (non-hydrogen) atoms. The van der Waals surface area contributed by atoms with E-state index < -0.39 is 5.82 Å². The van der Waals surface area contributed by atoms with Crippen molar-refractivity contribution in [2.45, 2.75) is 6.61 Å². The number of halogens is 2. The van der Waals surface area contributed by atoms with Crippen LogP contribution in [0.25, 0.3) is 0 Å². The highest BCUT2D eigenvalue weighted by molar-refractivity contribution is 14.1. The van der Waals surface area contributed by atoms with E-state index in [1.807, 2.05) is 24.3 Å². The van der Waals surface area contributed by atoms with E-state index in [1.165, 1.54) is 6.07 Å². The molecule has 4 heteroatoms. The maximum absolute atomic E-state index is 13.2. The third-order valence-electron chi connectivity index (χ3n) is 2.30. The van der Waals surface area contributed by atoms with Crippen molar-refractivity contribution < 1.29 is 9.13 Å². The molecule has 0 saturated carbocycles. The average Bonchev–Trinajstić information content (AvgIpc) is 2.32. The quantitative estimate of drug-likeness (QED) is 0.683. The standard InChI is InChI=1S/C13H11FINO/c14-10-7-9(5-6-12(10)16)8-17-13-4-2-1-3-11(13)15/h1-7H,8,16H2. The fraction of sp³-hybridized carbons (Fsp3) is 0.0769. The number of ether oxygens (including phenoxy) is 1. The first-order chi connectivity index (χ1) is 8.16. The second-order valence-corrected chi connectivity index (χ2v) is 4.74. The van der Waals surface area contributed by atoms with Crippen LogP contribution in [0.5, 0.6) is 5.75 Å². The van der Waals surface area contributed by atoms with Gasteiger partial charge in [-0.15, -0.1) is 0 Å². The molecule has 0 atom stereocenters. The number of nitrogen functional groups attached to an aromatic ring is 1. The van der Waals surface area contributed by atoms with E-state index in [0.29, 0.717) is 6.61 Å². The van der Waals surface area contributed by atoms with Gasteiger partial charge in [-0.1, -0.05) is 18.2 Å². The van der Waals surface area contributed by atoms with Crippen LogP contribution in [0.4, 0.5) is 10.1 Å². The summed E-state index contributed by atoms with van der Waals surface area (Å²) < 4.78 is 19.8. The van der Waals surface area contributed by atoms with Gasteiger partial charge in [-0.05, 0) is 52.4 Å². The molecule has 2 rings (SSSR count). The summed E-state index contributed by atoms with van der Waals surface area (Å²) in [5.74, 6) is 0.388. The Morgan fingerprint density at radius 2 is 1.94 bits per heavy atom. The number of benzene rings is 2. The lowest BCUT2D eigenvalue weighted by Gasteiger charge is -2.08. The molecule has 2 aromatic rings. The maximum atomic E-state index is 13.2. The van der Waals surface area contributed by atoms with Crippen molar-refractivity contribution >= 4 is 28.3 Å². The summed E-state index contributed by atoms with van der Waals surface area (Å²) in [7, 11) is 0. The smallest absolute Gasteiger partial charge is 0.146 e. The number of para-hydroxylation sites is 1. The Bertz CT molecular complexity index is 531. The van der Waals surface area contributed by atoms with Crippen molar-refractivity contribution in [3.05, 3.63) is 57.4 Å². The third-order valence-corrected chi connectivity index (χ3v) is 3.19. The Kier molecular flexibility index (Phi) is 3.83. The van der Waals surface area contributed by atoms with Crippen molar-refractivity contribution in [3.8, 4) is 5.75 Å². The normalized spacial score (nSPS) is 10.2. The highest BCUT2D eigenvalue weighted by Crippen LogP contribution is 2.21. The topological polar surface area (TPSA) is 35.2 Å². The van der Waals surface area contributed by atoms with Gasteiger partial charge in [-0.25, -0.2) is 4.39 Å². The summed E-state index contributed by atoms with van der Waals surface area (Å²) in [4.78, 5) is 0. The first kappa shape index (κ1) is 12.2. The van der Waals surface area contributed by atoms with Gasteiger partial charge in [0.05, 0.1) is 9.26 Å². The minimum Gasteiger partial charge on any atom is -0.488 e. The first-order valence-electron chi connectivity index (χ1n) is 5.08. The van der Waals surface area contributed by atoms with E-state index in [2.05, 4.69) is 22.6 Å². The molecule has 0 spiro atoms. The highest BCUT2D eigenvalue weighted by Gasteiger charge is 2.03. The Morgan fingerprint density at radius 1 is 1.18 bits per heavy atom. The summed E-state index contributed by atoms with van der Waals surface area (Å²) in [6, 6.07) is 12.4. The molecule has 0 unspecified atom stereocenters. The first-order valence-corrected chi connectivity index (χ1v) is 6.16. The van der Waals surface area contributed by atoms with Crippen molar-refractivity contribution in [1.82, 2.24) is 0 Å². The van der Waals surface area contributed by atoms with Crippen LogP contribution in [-0.4, -0.2) is 0 Å². The summed E-state index contributed by atoms with van der Waals surface area (Å²) in [6.45, 7) is 0.331. The summed E-state index contributed by atoms with van der Waals surface area (Å²) in [5, 5.41) is 0. The zero-order valence-corrected chi connectivity index (χ0v) is 11.1. The Labute approximate surface area is 113 Å². The lowest BCUT2D eigenvalue weighted by atomic mass is 10.2. The molecule has 0 heterocycles. The van der Waals surface area contributed by atoms with E-state index >= 15 is 0 Å². The molecule has 0 amide bonds. The molecular formula is C13H11FINO. The van der Waals surface area contributed by atoms with Crippen LogP contribution in [0.3, 0.4) is 0 Å². The Hall–Kier alpha value is -1.30. The van der Waals surface area contributed by atoms with Crippen LogP contribution in [0.1, 0.15) is 5.56 Å². The van der Waals surface area contributed by atoms with Gasteiger partial charge < -0.3 is 10.5 Å². The van der Waals surface area contributed by atoms with E-state index in [9.17, 15) is 4.39 Å². The van der Waals surface area contributed by atoms with Gasteiger partial charge in [-0.3, -0.25) is 0 Å². The summed E-state index contributed by atoms with van der Waals surface area (Å²) in [6.07, 6.45) is 0. The molecule has 0 fully saturated rings. The molecule has 0 aliphatic rings. The minimum atomic E-state index is -0.408. The van der Waals surface area contributed by atoms with Crippen LogP contribution in [0, 0.1) is 9.39 Å². The number of hydrogen-bond donors (Lipinski definition) is 1. The lowest BCUT2D eigenvalue weighted by molar-refractivity contribution is 0.303. The molecule has 0 radical (unpaired) electrons. The molecule has 0 bridgehead atoms. The monoisotopic (exact) mass is 343 g/mol. The van der Waals surface area contributed by atoms with Gasteiger partial charge in [-0.2, -0.15) is 0 Å². The highest BCUT2D eigenvalue weighted by atomic mass is 127. The van der Waals surface area contributed by atoms with Gasteiger partial charge >= 0.3 is 0 Å². The Balaban J connectivity index is 2.08. The average molecular weight is 343 g/mol. The van der Waals surface area contributed by atoms with Gasteiger partial charge in [0.15, 0.2) is 0 Å². The van der Waals surface area contributed by atoms with Crippen molar-refractivity contribution in [2.24, 2.45) is 0 Å². The predicted octanol–water partition coefficient (Wildman–Crippen LogP) is 3.59. The molecule has 0 aliphatic carbocycles. The summed E-state index contributed by atoms with van der Waals surface area (Å²) >= 11 is 2.20. The van der Waals surface area contributed by atoms with Crippen LogP contribution in [0.15, 0.2) is 42.5 Å². The Morgan fingerprint density at radius 3 is 2.65 bits per heavy atom. The van der Waals surface area contributed by atoms with E-state index in [1.54, 1.807) is 12.1 Å². The van der Waals surface area contributed by atoms with Crippen LogP contribution >= 0.6 is 22.6 Å². The fourth-order valence-corrected chi connectivity index (χ4v) is 1.93. The molecular weight excluding hydrogens is 332 g/mol. The number of rotatable bonds is 3. The SMILES string of the molecule is Nc1ccc(COc2ccccc2I)cc1F. The van der Waals surface area contributed by atoms with Crippen molar-refractivity contribution in [2.75, 3.05) is 5.73 Å². The third kappa shape index (κ3) is 3.09. The predicted molar refractivity (Wildman–Crippen MR) is 74.3 cm³/mol. The maximum Gasteiger partial charge on any atom is 0.146 e. The van der Waals surface area contributed by atoms with Crippen LogP contribution in [-0.2, 0) is 6.61 Å². The van der Waals surface area contributed by atoms with Crippen LogP contribution in [0.2, 0.25) is 0 Å². The largest absolute Gasteiger partial charge is 0.488 e. The van der Waals surface area contributed by atoms with Crippen molar-refractivity contribution in [3.63, 3.8) is 0 Å². The minimum absolute atomic E-state index is 0.156. The number of nitrogens with two attached hydrogens (primary N) is 1. The van der Waals surface area contributed by atoms with Crippen molar-refractivity contribution in [1.29, 1.82) is 0 Å². The molecule has 0 saturated heterocycles. The lowest BCUT2D eigenvalue weighted by Crippen LogP contribution is -1.99. The molecule has 0 aliphatic heterocycles. The fourth-order valence-electron chi connectivity index (χ4n) is 1.38. The van der Waals surface area contributed by atoms with Gasteiger partial charge in [0, 0.05) is 0 Å². The van der Waals surface area contributed by atoms with Crippen LogP contribution < -0.4 is 10.5 Å². The molecule has 88 valence electrons. The molecule has 2 aromatic carbocycles.